The first kappa shape index (κ1) is 24.7. The van der Waals surface area contributed by atoms with Gasteiger partial charge in [0, 0.05) is 11.3 Å². The number of anilines is 1. The lowest BCUT2D eigenvalue weighted by atomic mass is 9.95. The molecule has 0 aromatic heterocycles. The summed E-state index contributed by atoms with van der Waals surface area (Å²) >= 11 is 0. The van der Waals surface area contributed by atoms with Gasteiger partial charge in [0.15, 0.2) is 0 Å². The van der Waals surface area contributed by atoms with Gasteiger partial charge in [-0.2, -0.15) is 0 Å². The van der Waals surface area contributed by atoms with Crippen LogP contribution in [0.1, 0.15) is 36.6 Å². The summed E-state index contributed by atoms with van der Waals surface area (Å²) in [4.78, 5) is 38.8. The van der Waals surface area contributed by atoms with Crippen LogP contribution in [-0.4, -0.2) is 34.5 Å². The number of hydrogen-bond donors (Lipinski definition) is 2. The van der Waals surface area contributed by atoms with Crippen LogP contribution in [0.3, 0.4) is 0 Å². The van der Waals surface area contributed by atoms with Crippen molar-refractivity contribution in [3.63, 3.8) is 0 Å². The number of amides is 1. The summed E-state index contributed by atoms with van der Waals surface area (Å²) in [7, 11) is 0. The number of carboxylic acid groups (broad SMARTS) is 1. The SMILES string of the molecule is CC(C)COc1ccc(/C(O)=C2\C(=O)C(=O)N(c3ccc(CC(=O)O)cc3)C2c2ccccc2)cc1. The Hall–Kier alpha value is -4.39. The van der Waals surface area contributed by atoms with Gasteiger partial charge in [-0.15, -0.1) is 0 Å². The molecule has 0 spiro atoms. The molecule has 3 aromatic carbocycles. The second kappa shape index (κ2) is 10.5. The Kier molecular flexibility index (Phi) is 7.20. The molecule has 1 amide bonds. The van der Waals surface area contributed by atoms with Crippen molar-refractivity contribution in [3.8, 4) is 5.75 Å². The van der Waals surface area contributed by atoms with Gasteiger partial charge < -0.3 is 14.9 Å². The van der Waals surface area contributed by atoms with E-state index in [4.69, 9.17) is 9.84 Å². The minimum absolute atomic E-state index is 0.0170. The number of carboxylic acids is 1. The first-order valence-corrected chi connectivity index (χ1v) is 11.7. The minimum Gasteiger partial charge on any atom is -0.507 e. The van der Waals surface area contributed by atoms with Crippen molar-refractivity contribution in [1.82, 2.24) is 0 Å². The van der Waals surface area contributed by atoms with E-state index in [0.29, 0.717) is 40.7 Å². The van der Waals surface area contributed by atoms with Crippen molar-refractivity contribution in [1.29, 1.82) is 0 Å². The van der Waals surface area contributed by atoms with Crippen molar-refractivity contribution < 1.29 is 29.3 Å². The van der Waals surface area contributed by atoms with Crippen LogP contribution in [0.4, 0.5) is 5.69 Å². The van der Waals surface area contributed by atoms with Crippen molar-refractivity contribution in [2.75, 3.05) is 11.5 Å². The van der Waals surface area contributed by atoms with Gasteiger partial charge in [-0.1, -0.05) is 56.3 Å². The lowest BCUT2D eigenvalue weighted by Crippen LogP contribution is -2.29. The van der Waals surface area contributed by atoms with Gasteiger partial charge >= 0.3 is 5.97 Å². The van der Waals surface area contributed by atoms with Gasteiger partial charge in [-0.3, -0.25) is 19.3 Å². The summed E-state index contributed by atoms with van der Waals surface area (Å²) in [5, 5.41) is 20.3. The van der Waals surface area contributed by atoms with Crippen LogP contribution in [0.2, 0.25) is 0 Å². The predicted molar refractivity (Wildman–Crippen MR) is 136 cm³/mol. The van der Waals surface area contributed by atoms with E-state index < -0.39 is 23.7 Å². The van der Waals surface area contributed by atoms with Crippen LogP contribution < -0.4 is 9.64 Å². The highest BCUT2D eigenvalue weighted by atomic mass is 16.5. The summed E-state index contributed by atoms with van der Waals surface area (Å²) in [6, 6.07) is 21.3. The summed E-state index contributed by atoms with van der Waals surface area (Å²) in [6.45, 7) is 4.64. The molecular formula is C29H27NO6. The Morgan fingerprint density at radius 3 is 2.14 bits per heavy atom. The van der Waals surface area contributed by atoms with E-state index >= 15 is 0 Å². The number of ketones is 1. The van der Waals surface area contributed by atoms with E-state index in [-0.39, 0.29) is 17.8 Å². The monoisotopic (exact) mass is 485 g/mol. The number of carbonyl (C=O) groups is 3. The molecule has 1 heterocycles. The Morgan fingerprint density at radius 1 is 0.917 bits per heavy atom. The second-order valence-electron chi connectivity index (χ2n) is 9.05. The zero-order chi connectivity index (χ0) is 25.8. The van der Waals surface area contributed by atoms with Gasteiger partial charge in [-0.05, 0) is 53.4 Å². The average Bonchev–Trinajstić information content (AvgIpc) is 3.13. The summed E-state index contributed by atoms with van der Waals surface area (Å²) in [5.74, 6) is -1.81. The van der Waals surface area contributed by atoms with E-state index in [1.54, 1.807) is 72.8 Å². The smallest absolute Gasteiger partial charge is 0.307 e. The topological polar surface area (TPSA) is 104 Å². The largest absolute Gasteiger partial charge is 0.507 e. The third-order valence-electron chi connectivity index (χ3n) is 5.84. The van der Waals surface area contributed by atoms with Crippen LogP contribution in [0.5, 0.6) is 5.75 Å². The third kappa shape index (κ3) is 5.15. The Labute approximate surface area is 209 Å². The quantitative estimate of drug-likeness (QED) is 0.265. The van der Waals surface area contributed by atoms with Crippen LogP contribution in [0.15, 0.2) is 84.4 Å². The van der Waals surface area contributed by atoms with E-state index in [1.165, 1.54) is 4.90 Å². The first-order valence-electron chi connectivity index (χ1n) is 11.7. The first-order chi connectivity index (χ1) is 17.3. The number of benzene rings is 3. The van der Waals surface area contributed by atoms with Gasteiger partial charge in [0.05, 0.1) is 24.6 Å². The molecule has 0 bridgehead atoms. The maximum atomic E-state index is 13.2. The molecule has 0 aliphatic carbocycles. The zero-order valence-electron chi connectivity index (χ0n) is 20.0. The lowest BCUT2D eigenvalue weighted by molar-refractivity contribution is -0.136. The Balaban J connectivity index is 1.76. The number of hydrogen-bond acceptors (Lipinski definition) is 5. The second-order valence-corrected chi connectivity index (χ2v) is 9.05. The number of aliphatic hydroxyl groups excluding tert-OH is 1. The highest BCUT2D eigenvalue weighted by Gasteiger charge is 2.46. The molecule has 1 atom stereocenters. The molecule has 3 aromatic rings. The van der Waals surface area contributed by atoms with E-state index in [0.717, 1.165) is 0 Å². The number of aliphatic carboxylic acids is 1. The lowest BCUT2D eigenvalue weighted by Gasteiger charge is -2.25. The highest BCUT2D eigenvalue weighted by molar-refractivity contribution is 6.51. The number of ether oxygens (including phenoxy) is 1. The van der Waals surface area contributed by atoms with E-state index in [1.807, 2.05) is 19.9 Å². The fourth-order valence-corrected chi connectivity index (χ4v) is 4.13. The molecule has 0 radical (unpaired) electrons. The molecule has 1 unspecified atom stereocenters. The van der Waals surface area contributed by atoms with Crippen LogP contribution in [0.25, 0.3) is 5.76 Å². The number of Topliss-reactive ketones (excluding diaryl/α,β-unsaturated/α-hetero) is 1. The molecule has 4 rings (SSSR count). The Bertz CT molecular complexity index is 1290. The molecule has 1 fully saturated rings. The zero-order valence-corrected chi connectivity index (χ0v) is 20.0. The number of rotatable bonds is 8. The fourth-order valence-electron chi connectivity index (χ4n) is 4.13. The normalized spacial score (nSPS) is 17.0. The molecule has 1 aliphatic rings. The van der Waals surface area contributed by atoms with Crippen molar-refractivity contribution in [3.05, 3.63) is 101 Å². The minimum atomic E-state index is -0.965. The molecule has 7 nitrogen and oxygen atoms in total. The third-order valence-corrected chi connectivity index (χ3v) is 5.84. The maximum absolute atomic E-state index is 13.2. The van der Waals surface area contributed by atoms with Gasteiger partial charge in [0.2, 0.25) is 0 Å². The number of carbonyl (C=O) groups excluding carboxylic acids is 2. The van der Waals surface area contributed by atoms with E-state index in [9.17, 15) is 19.5 Å². The average molecular weight is 486 g/mol. The summed E-state index contributed by atoms with van der Waals surface area (Å²) in [6.07, 6.45) is -0.155. The fraction of sp³-hybridized carbons (Fsp3) is 0.207. The molecule has 2 N–H and O–H groups in total. The Morgan fingerprint density at radius 2 is 1.56 bits per heavy atom. The van der Waals surface area contributed by atoms with E-state index in [2.05, 4.69) is 0 Å². The summed E-state index contributed by atoms with van der Waals surface area (Å²) < 4.78 is 5.70. The molecule has 1 aliphatic heterocycles. The molecule has 7 heteroatoms. The molecular weight excluding hydrogens is 458 g/mol. The van der Waals surface area contributed by atoms with Gasteiger partial charge in [0.25, 0.3) is 11.7 Å². The molecule has 0 saturated carbocycles. The maximum Gasteiger partial charge on any atom is 0.307 e. The van der Waals surface area contributed by atoms with Crippen molar-refractivity contribution in [2.24, 2.45) is 5.92 Å². The van der Waals surface area contributed by atoms with Crippen molar-refractivity contribution in [2.45, 2.75) is 26.3 Å². The highest BCUT2D eigenvalue weighted by Crippen LogP contribution is 2.42. The van der Waals surface area contributed by atoms with Crippen LogP contribution in [0, 0.1) is 5.92 Å². The molecule has 36 heavy (non-hydrogen) atoms. The van der Waals surface area contributed by atoms with Gasteiger partial charge in [0.1, 0.15) is 11.5 Å². The van der Waals surface area contributed by atoms with Gasteiger partial charge in [-0.25, -0.2) is 0 Å². The summed E-state index contributed by atoms with van der Waals surface area (Å²) in [5.41, 5.74) is 2.03. The van der Waals surface area contributed by atoms with Crippen LogP contribution in [-0.2, 0) is 20.8 Å². The number of aliphatic hydroxyl groups is 1. The molecule has 1 saturated heterocycles. The number of nitrogens with zero attached hydrogens (tertiary/aromatic N) is 1. The standard InChI is InChI=1S/C29H27NO6/c1-18(2)17-36-23-14-10-21(11-15-23)27(33)25-26(20-6-4-3-5-7-20)30(29(35)28(25)34)22-12-8-19(9-13-22)16-24(31)32/h3-15,18,26,33H,16-17H2,1-2H3,(H,31,32)/b27-25+. The predicted octanol–water partition coefficient (Wildman–Crippen LogP) is 4.97. The molecule has 184 valence electrons. The van der Waals surface area contributed by atoms with Crippen LogP contribution >= 0.6 is 0 Å². The van der Waals surface area contributed by atoms with Crippen molar-refractivity contribution >= 4 is 29.1 Å².